The van der Waals surface area contributed by atoms with Crippen molar-refractivity contribution < 1.29 is 19.4 Å². The average Bonchev–Trinajstić information content (AvgIpc) is 3.14. The molecule has 1 N–H and O–H groups in total. The van der Waals surface area contributed by atoms with Crippen molar-refractivity contribution in [2.24, 2.45) is 0 Å². The van der Waals surface area contributed by atoms with Gasteiger partial charge in [-0.05, 0) is 42.8 Å². The van der Waals surface area contributed by atoms with Gasteiger partial charge < -0.3 is 9.84 Å². The van der Waals surface area contributed by atoms with E-state index in [0.717, 1.165) is 11.1 Å². The maximum Gasteiger partial charge on any atom is 0.344 e. The molecule has 2 aliphatic heterocycles. The number of benzene rings is 2. The number of cyclic esters (lactones) is 1. The Morgan fingerprint density at radius 2 is 1.86 bits per heavy atom. The molecule has 0 spiro atoms. The number of aliphatic hydroxyl groups is 1. The van der Waals surface area contributed by atoms with Gasteiger partial charge in [0.1, 0.15) is 5.76 Å². The number of rotatable bonds is 2. The summed E-state index contributed by atoms with van der Waals surface area (Å²) in [7, 11) is 0. The van der Waals surface area contributed by atoms with E-state index in [1.54, 1.807) is 54.9 Å². The van der Waals surface area contributed by atoms with Gasteiger partial charge in [0.25, 0.3) is 5.91 Å². The van der Waals surface area contributed by atoms with Gasteiger partial charge in [0, 0.05) is 23.0 Å². The molecule has 0 aliphatic carbocycles. The number of ether oxygens (including phenoxy) is 1. The molecule has 0 fully saturated rings. The molecular formula is C23H16N2O4. The Bertz CT molecular complexity index is 1210. The molecule has 2 aromatic carbocycles. The van der Waals surface area contributed by atoms with Gasteiger partial charge in [-0.2, -0.15) is 0 Å². The van der Waals surface area contributed by atoms with E-state index in [2.05, 4.69) is 4.98 Å². The van der Waals surface area contributed by atoms with Gasteiger partial charge in [-0.3, -0.25) is 14.7 Å². The van der Waals surface area contributed by atoms with E-state index < -0.39 is 11.5 Å². The van der Waals surface area contributed by atoms with Crippen LogP contribution in [0.3, 0.4) is 0 Å². The molecule has 142 valence electrons. The SMILES string of the molecule is CC1(O)C(=O)N(c2cccc(C=C3OC(=O)c4ccccc43)c2)c2cnccc21. The molecule has 1 unspecified atom stereocenters. The van der Waals surface area contributed by atoms with Crippen molar-refractivity contribution in [1.82, 2.24) is 4.98 Å². The lowest BCUT2D eigenvalue weighted by atomic mass is 9.99. The second kappa shape index (κ2) is 6.12. The molecule has 1 atom stereocenters. The van der Waals surface area contributed by atoms with Gasteiger partial charge in [-0.15, -0.1) is 0 Å². The van der Waals surface area contributed by atoms with E-state index in [-0.39, 0.29) is 5.97 Å². The third-order valence-electron chi connectivity index (χ3n) is 5.23. The lowest BCUT2D eigenvalue weighted by molar-refractivity contribution is -0.133. The summed E-state index contributed by atoms with van der Waals surface area (Å²) >= 11 is 0. The summed E-state index contributed by atoms with van der Waals surface area (Å²) < 4.78 is 5.40. The number of esters is 1. The largest absolute Gasteiger partial charge is 0.422 e. The lowest BCUT2D eigenvalue weighted by Crippen LogP contribution is -2.35. The Balaban J connectivity index is 1.57. The molecule has 2 aliphatic rings. The fourth-order valence-electron chi connectivity index (χ4n) is 3.77. The first-order chi connectivity index (χ1) is 14.0. The van der Waals surface area contributed by atoms with Crippen LogP contribution < -0.4 is 4.90 Å². The van der Waals surface area contributed by atoms with E-state index in [9.17, 15) is 14.7 Å². The molecule has 0 saturated carbocycles. The summed E-state index contributed by atoms with van der Waals surface area (Å²) in [6.07, 6.45) is 4.88. The Hall–Kier alpha value is -3.77. The number of hydrogen-bond donors (Lipinski definition) is 1. The number of anilines is 2. The number of carbonyl (C=O) groups excluding carboxylic acids is 2. The second-order valence-electron chi connectivity index (χ2n) is 7.14. The second-order valence-corrected chi connectivity index (χ2v) is 7.14. The van der Waals surface area contributed by atoms with E-state index >= 15 is 0 Å². The topological polar surface area (TPSA) is 79.7 Å². The van der Waals surface area contributed by atoms with Crippen molar-refractivity contribution in [2.75, 3.05) is 4.90 Å². The van der Waals surface area contributed by atoms with E-state index in [1.165, 1.54) is 11.8 Å². The van der Waals surface area contributed by atoms with E-state index in [0.29, 0.717) is 28.3 Å². The number of fused-ring (bicyclic) bond motifs is 2. The smallest absolute Gasteiger partial charge is 0.344 e. The van der Waals surface area contributed by atoms with Crippen LogP contribution in [0.1, 0.15) is 34.0 Å². The molecular weight excluding hydrogens is 368 g/mol. The van der Waals surface area contributed by atoms with Crippen molar-refractivity contribution in [3.8, 4) is 0 Å². The van der Waals surface area contributed by atoms with E-state index in [1.807, 2.05) is 18.2 Å². The molecule has 5 rings (SSSR count). The van der Waals surface area contributed by atoms with Crippen LogP contribution >= 0.6 is 0 Å². The summed E-state index contributed by atoms with van der Waals surface area (Å²) in [5.41, 5.74) is 2.05. The third-order valence-corrected chi connectivity index (χ3v) is 5.23. The van der Waals surface area contributed by atoms with Crippen LogP contribution in [0.5, 0.6) is 0 Å². The summed E-state index contributed by atoms with van der Waals surface area (Å²) in [5, 5.41) is 10.7. The molecule has 29 heavy (non-hydrogen) atoms. The normalized spacial score (nSPS) is 21.3. The van der Waals surface area contributed by atoms with Crippen LogP contribution in [-0.4, -0.2) is 22.0 Å². The molecule has 1 aromatic heterocycles. The van der Waals surface area contributed by atoms with Crippen LogP contribution in [0, 0.1) is 0 Å². The van der Waals surface area contributed by atoms with Gasteiger partial charge >= 0.3 is 5.97 Å². The van der Waals surface area contributed by atoms with Crippen molar-refractivity contribution in [3.63, 3.8) is 0 Å². The van der Waals surface area contributed by atoms with Crippen LogP contribution in [0.25, 0.3) is 11.8 Å². The van der Waals surface area contributed by atoms with Crippen LogP contribution in [0.4, 0.5) is 11.4 Å². The van der Waals surface area contributed by atoms with Gasteiger partial charge in [0.15, 0.2) is 5.60 Å². The van der Waals surface area contributed by atoms with Gasteiger partial charge in [0.2, 0.25) is 0 Å². The maximum absolute atomic E-state index is 12.9. The lowest BCUT2D eigenvalue weighted by Gasteiger charge is -2.20. The Morgan fingerprint density at radius 3 is 2.69 bits per heavy atom. The zero-order valence-corrected chi connectivity index (χ0v) is 15.5. The van der Waals surface area contributed by atoms with Crippen molar-refractivity contribution in [1.29, 1.82) is 0 Å². The first-order valence-corrected chi connectivity index (χ1v) is 9.11. The molecule has 3 aromatic rings. The Labute approximate surface area is 166 Å². The summed E-state index contributed by atoms with van der Waals surface area (Å²) in [6.45, 7) is 1.48. The fourth-order valence-corrected chi connectivity index (χ4v) is 3.77. The minimum Gasteiger partial charge on any atom is -0.422 e. The highest BCUT2D eigenvalue weighted by molar-refractivity contribution is 6.11. The highest BCUT2D eigenvalue weighted by Gasteiger charge is 2.46. The van der Waals surface area contributed by atoms with Gasteiger partial charge in [-0.25, -0.2) is 4.79 Å². The maximum atomic E-state index is 12.9. The number of amides is 1. The van der Waals surface area contributed by atoms with Crippen LogP contribution in [0.2, 0.25) is 0 Å². The van der Waals surface area contributed by atoms with Crippen molar-refractivity contribution >= 4 is 35.1 Å². The number of hydrogen-bond acceptors (Lipinski definition) is 5. The Kier molecular flexibility index (Phi) is 3.66. The zero-order chi connectivity index (χ0) is 20.2. The highest BCUT2D eigenvalue weighted by Crippen LogP contribution is 2.43. The minimum atomic E-state index is -1.62. The van der Waals surface area contributed by atoms with E-state index in [4.69, 9.17) is 4.74 Å². The number of pyridine rings is 1. The standard InChI is InChI=1S/C23H16N2O4/c1-23(28)18-9-10-24-13-19(18)25(22(23)27)15-6-4-5-14(11-15)12-20-16-7-2-3-8-17(16)21(26)29-20/h2-13,28H,1H3. The van der Waals surface area contributed by atoms with Crippen LogP contribution in [-0.2, 0) is 15.1 Å². The molecule has 3 heterocycles. The number of carbonyl (C=O) groups is 2. The fraction of sp³-hybridized carbons (Fsp3) is 0.0870. The third kappa shape index (κ3) is 2.57. The van der Waals surface area contributed by atoms with Crippen molar-refractivity contribution in [2.45, 2.75) is 12.5 Å². The monoisotopic (exact) mass is 384 g/mol. The summed E-state index contributed by atoms with van der Waals surface area (Å²) in [6, 6.07) is 16.1. The first-order valence-electron chi connectivity index (χ1n) is 9.11. The predicted molar refractivity (Wildman–Crippen MR) is 107 cm³/mol. The van der Waals surface area contributed by atoms with Crippen molar-refractivity contribution in [3.05, 3.63) is 89.2 Å². The number of nitrogens with zero attached hydrogens (tertiary/aromatic N) is 2. The number of aromatic nitrogens is 1. The van der Waals surface area contributed by atoms with Gasteiger partial charge in [-0.1, -0.05) is 30.3 Å². The average molecular weight is 384 g/mol. The Morgan fingerprint density at radius 1 is 1.07 bits per heavy atom. The minimum absolute atomic E-state index is 0.381. The molecule has 0 radical (unpaired) electrons. The molecule has 6 heteroatoms. The molecule has 1 amide bonds. The molecule has 0 saturated heterocycles. The summed E-state index contributed by atoms with van der Waals surface area (Å²) in [5.74, 6) is -0.360. The molecule has 6 nitrogen and oxygen atoms in total. The summed E-state index contributed by atoms with van der Waals surface area (Å²) in [4.78, 5) is 30.5. The zero-order valence-electron chi connectivity index (χ0n) is 15.5. The molecule has 0 bridgehead atoms. The first kappa shape index (κ1) is 17.3. The quantitative estimate of drug-likeness (QED) is 0.683. The highest BCUT2D eigenvalue weighted by atomic mass is 16.5. The van der Waals surface area contributed by atoms with Crippen LogP contribution in [0.15, 0.2) is 67.0 Å². The predicted octanol–water partition coefficient (Wildman–Crippen LogP) is 3.64. The van der Waals surface area contributed by atoms with Gasteiger partial charge in [0.05, 0.1) is 17.4 Å².